The SMILES string of the molecule is CC(C)(C)c1cc(-c2cc(C(C)(C)C)ccc2O)cc(-c2cccc3c2nc2n(-c4cc(C(C)(C)C)ccn4)c4ccccc4n32)c1. The molecule has 3 aromatic heterocycles. The zero-order valence-electron chi connectivity index (χ0n) is 29.0. The van der Waals surface area contributed by atoms with Crippen LogP contribution in [0.15, 0.2) is 97.2 Å². The molecule has 0 spiro atoms. The number of aromatic hydroxyl groups is 1. The summed E-state index contributed by atoms with van der Waals surface area (Å²) in [5, 5.41) is 11.1. The van der Waals surface area contributed by atoms with E-state index in [4.69, 9.17) is 9.97 Å². The molecule has 238 valence electrons. The Morgan fingerprint density at radius 3 is 1.85 bits per heavy atom. The molecule has 47 heavy (non-hydrogen) atoms. The molecule has 1 N–H and O–H groups in total. The summed E-state index contributed by atoms with van der Waals surface area (Å²) in [7, 11) is 0. The molecule has 0 unspecified atom stereocenters. The Labute approximate surface area is 277 Å². The minimum Gasteiger partial charge on any atom is -0.507 e. The van der Waals surface area contributed by atoms with Gasteiger partial charge < -0.3 is 5.11 Å². The lowest BCUT2D eigenvalue weighted by molar-refractivity contribution is 0.476. The van der Waals surface area contributed by atoms with Gasteiger partial charge in [-0.25, -0.2) is 9.97 Å². The van der Waals surface area contributed by atoms with E-state index < -0.39 is 0 Å². The summed E-state index contributed by atoms with van der Waals surface area (Å²) in [4.78, 5) is 10.2. The van der Waals surface area contributed by atoms with Crippen molar-refractivity contribution in [3.63, 3.8) is 0 Å². The van der Waals surface area contributed by atoms with Crippen LogP contribution in [0, 0.1) is 0 Å². The van der Waals surface area contributed by atoms with Crippen LogP contribution in [0.2, 0.25) is 0 Å². The van der Waals surface area contributed by atoms with Crippen molar-refractivity contribution in [2.45, 2.75) is 78.6 Å². The average Bonchev–Trinajstić information content (AvgIpc) is 3.54. The van der Waals surface area contributed by atoms with Crippen LogP contribution in [0.5, 0.6) is 5.75 Å². The van der Waals surface area contributed by atoms with Crippen molar-refractivity contribution in [3.8, 4) is 33.8 Å². The van der Waals surface area contributed by atoms with Gasteiger partial charge in [-0.3, -0.25) is 8.97 Å². The third-order valence-corrected chi connectivity index (χ3v) is 9.36. The van der Waals surface area contributed by atoms with Gasteiger partial charge in [-0.2, -0.15) is 0 Å². The van der Waals surface area contributed by atoms with Crippen LogP contribution >= 0.6 is 0 Å². The Hall–Kier alpha value is -4.90. The molecule has 0 radical (unpaired) electrons. The van der Waals surface area contributed by atoms with E-state index in [0.29, 0.717) is 0 Å². The molecule has 0 saturated carbocycles. The molecule has 3 heterocycles. The van der Waals surface area contributed by atoms with E-state index in [9.17, 15) is 5.11 Å². The van der Waals surface area contributed by atoms with Gasteiger partial charge in [0.2, 0.25) is 5.78 Å². The fourth-order valence-corrected chi connectivity index (χ4v) is 6.50. The molecule has 5 nitrogen and oxygen atoms in total. The molecular weight excluding hydrogens is 576 g/mol. The molecule has 4 aromatic carbocycles. The minimum absolute atomic E-state index is 0.0130. The van der Waals surface area contributed by atoms with E-state index in [1.165, 1.54) is 16.7 Å². The Kier molecular flexibility index (Phi) is 6.91. The average molecular weight is 621 g/mol. The van der Waals surface area contributed by atoms with Crippen LogP contribution in [-0.4, -0.2) is 24.0 Å². The maximum atomic E-state index is 11.1. The van der Waals surface area contributed by atoms with Crippen LogP contribution in [0.25, 0.3) is 55.9 Å². The third kappa shape index (κ3) is 5.28. The molecular formula is C42H44N4O. The van der Waals surface area contributed by atoms with Gasteiger partial charge in [0.15, 0.2) is 0 Å². The number of hydrogen-bond acceptors (Lipinski definition) is 3. The topological polar surface area (TPSA) is 55.4 Å². The number of para-hydroxylation sites is 3. The summed E-state index contributed by atoms with van der Waals surface area (Å²) in [6, 6.07) is 31.9. The predicted octanol–water partition coefficient (Wildman–Crippen LogP) is 10.8. The summed E-state index contributed by atoms with van der Waals surface area (Å²) < 4.78 is 4.44. The van der Waals surface area contributed by atoms with Crippen LogP contribution in [0.3, 0.4) is 0 Å². The molecule has 0 aliphatic carbocycles. The van der Waals surface area contributed by atoms with Gasteiger partial charge >= 0.3 is 0 Å². The van der Waals surface area contributed by atoms with Crippen molar-refractivity contribution in [2.75, 3.05) is 0 Å². The third-order valence-electron chi connectivity index (χ3n) is 9.36. The predicted molar refractivity (Wildman–Crippen MR) is 196 cm³/mol. The number of rotatable bonds is 3. The number of benzene rings is 4. The molecule has 0 fully saturated rings. The Morgan fingerprint density at radius 1 is 0.553 bits per heavy atom. The summed E-state index contributed by atoms with van der Waals surface area (Å²) in [5.74, 6) is 1.97. The number of phenolic OH excluding ortho intramolecular Hbond substituents is 1. The first-order valence-corrected chi connectivity index (χ1v) is 16.5. The first-order valence-electron chi connectivity index (χ1n) is 16.5. The van der Waals surface area contributed by atoms with Crippen molar-refractivity contribution < 1.29 is 5.11 Å². The molecule has 0 saturated heterocycles. The number of imidazole rings is 2. The number of aromatic nitrogens is 4. The first kappa shape index (κ1) is 30.7. The lowest BCUT2D eigenvalue weighted by Crippen LogP contribution is -2.12. The number of fused-ring (bicyclic) bond motifs is 5. The lowest BCUT2D eigenvalue weighted by Gasteiger charge is -2.23. The second-order valence-electron chi connectivity index (χ2n) is 15.9. The summed E-state index contributed by atoms with van der Waals surface area (Å²) >= 11 is 0. The van der Waals surface area contributed by atoms with Gasteiger partial charge in [0.05, 0.1) is 22.1 Å². The van der Waals surface area contributed by atoms with Crippen molar-refractivity contribution in [1.82, 2.24) is 18.9 Å². The summed E-state index contributed by atoms with van der Waals surface area (Å²) in [6.45, 7) is 20.0. The monoisotopic (exact) mass is 620 g/mol. The normalized spacial score (nSPS) is 12.9. The second-order valence-corrected chi connectivity index (χ2v) is 15.9. The fraction of sp³-hybridized carbons (Fsp3) is 0.286. The highest BCUT2D eigenvalue weighted by molar-refractivity contribution is 5.99. The number of phenols is 1. The highest BCUT2D eigenvalue weighted by Gasteiger charge is 2.24. The van der Waals surface area contributed by atoms with Crippen molar-refractivity contribution in [2.24, 2.45) is 0 Å². The van der Waals surface area contributed by atoms with Crippen molar-refractivity contribution >= 4 is 27.8 Å². The van der Waals surface area contributed by atoms with Gasteiger partial charge in [0.25, 0.3) is 0 Å². The van der Waals surface area contributed by atoms with Crippen LogP contribution in [-0.2, 0) is 16.2 Å². The molecule has 0 aliphatic heterocycles. The van der Waals surface area contributed by atoms with E-state index in [1.807, 2.05) is 18.3 Å². The van der Waals surface area contributed by atoms with Crippen LogP contribution in [0.4, 0.5) is 0 Å². The maximum absolute atomic E-state index is 11.1. The highest BCUT2D eigenvalue weighted by Crippen LogP contribution is 2.41. The van der Waals surface area contributed by atoms with E-state index in [-0.39, 0.29) is 22.0 Å². The molecule has 0 aliphatic rings. The fourth-order valence-electron chi connectivity index (χ4n) is 6.50. The standard InChI is InChI=1S/C42H44N4O/c1-40(2,3)28-17-18-36(47)32(24-28)27-21-26(22-30(23-27)42(7,8)9)31-13-12-16-35-38(31)44-39-45(35)33-14-10-11-15-34(33)46(39)37-25-29(19-20-43-37)41(4,5)6/h10-25,47H,1-9H3. The smallest absolute Gasteiger partial charge is 0.221 e. The van der Waals surface area contributed by atoms with Gasteiger partial charge in [0.1, 0.15) is 11.6 Å². The zero-order valence-corrected chi connectivity index (χ0v) is 29.0. The Morgan fingerprint density at radius 2 is 1.17 bits per heavy atom. The first-order chi connectivity index (χ1) is 22.1. The van der Waals surface area contributed by atoms with Crippen LogP contribution < -0.4 is 0 Å². The van der Waals surface area contributed by atoms with Gasteiger partial charge in [0, 0.05) is 17.3 Å². The van der Waals surface area contributed by atoms with E-state index in [1.54, 1.807) is 0 Å². The molecule has 7 rings (SSSR count). The largest absolute Gasteiger partial charge is 0.507 e. The van der Waals surface area contributed by atoms with Gasteiger partial charge in [-0.05, 0) is 92.6 Å². The van der Waals surface area contributed by atoms with E-state index >= 15 is 0 Å². The van der Waals surface area contributed by atoms with Crippen LogP contribution in [0.1, 0.15) is 79.0 Å². The number of hydrogen-bond donors (Lipinski definition) is 1. The van der Waals surface area contributed by atoms with Gasteiger partial charge in [-0.15, -0.1) is 0 Å². The van der Waals surface area contributed by atoms with Crippen molar-refractivity contribution in [1.29, 1.82) is 0 Å². The lowest BCUT2D eigenvalue weighted by atomic mass is 9.81. The van der Waals surface area contributed by atoms with E-state index in [0.717, 1.165) is 55.9 Å². The van der Waals surface area contributed by atoms with E-state index in [2.05, 4.69) is 150 Å². The summed E-state index contributed by atoms with van der Waals surface area (Å²) in [6.07, 6.45) is 1.90. The molecule has 0 atom stereocenters. The van der Waals surface area contributed by atoms with Crippen molar-refractivity contribution in [3.05, 3.63) is 114 Å². The number of nitrogens with zero attached hydrogens (tertiary/aromatic N) is 4. The maximum Gasteiger partial charge on any atom is 0.221 e. The molecule has 7 aromatic rings. The van der Waals surface area contributed by atoms with Gasteiger partial charge in [-0.1, -0.05) is 105 Å². The summed E-state index contributed by atoms with van der Waals surface area (Å²) in [5.41, 5.74) is 11.5. The zero-order chi connectivity index (χ0) is 33.5. The molecule has 5 heteroatoms. The molecule has 0 amide bonds. The Bertz CT molecular complexity index is 2320. The second kappa shape index (κ2) is 10.6. The highest BCUT2D eigenvalue weighted by atomic mass is 16.3. The minimum atomic E-state index is -0.106. The number of pyridine rings is 1. The Balaban J connectivity index is 1.51. The molecule has 0 bridgehead atoms. The quantitative estimate of drug-likeness (QED) is 0.214.